The Kier molecular flexibility index (Phi) is 2.60. The summed E-state index contributed by atoms with van der Waals surface area (Å²) in [5.41, 5.74) is 1.74. The molecule has 2 heterocycles. The zero-order valence-electron chi connectivity index (χ0n) is 9.21. The Morgan fingerprint density at radius 1 is 1.56 bits per heavy atom. The van der Waals surface area contributed by atoms with Crippen LogP contribution in [0.5, 0.6) is 0 Å². The van der Waals surface area contributed by atoms with Crippen molar-refractivity contribution in [1.82, 2.24) is 14.6 Å². The fourth-order valence-electron chi connectivity index (χ4n) is 1.68. The van der Waals surface area contributed by atoms with Crippen molar-refractivity contribution in [2.45, 2.75) is 26.2 Å². The minimum absolute atomic E-state index is 0.0218. The van der Waals surface area contributed by atoms with Gasteiger partial charge in [0.05, 0.1) is 6.42 Å². The van der Waals surface area contributed by atoms with Gasteiger partial charge >= 0.3 is 5.97 Å². The van der Waals surface area contributed by atoms with Gasteiger partial charge in [-0.3, -0.25) is 4.79 Å². The molecule has 2 aromatic rings. The number of nitrogens with zero attached hydrogens (tertiary/aromatic N) is 3. The molecule has 0 bridgehead atoms. The van der Waals surface area contributed by atoms with Gasteiger partial charge in [0.25, 0.3) is 0 Å². The van der Waals surface area contributed by atoms with E-state index >= 15 is 0 Å². The van der Waals surface area contributed by atoms with Crippen molar-refractivity contribution in [2.24, 2.45) is 0 Å². The van der Waals surface area contributed by atoms with E-state index < -0.39 is 5.97 Å². The molecule has 16 heavy (non-hydrogen) atoms. The van der Waals surface area contributed by atoms with Crippen LogP contribution in [-0.2, 0) is 4.79 Å². The van der Waals surface area contributed by atoms with Gasteiger partial charge in [-0.05, 0) is 24.5 Å². The molecular formula is C11H13N3O2. The lowest BCUT2D eigenvalue weighted by molar-refractivity contribution is -0.137. The molecule has 0 spiro atoms. The van der Waals surface area contributed by atoms with Crippen LogP contribution in [0.1, 0.15) is 30.7 Å². The highest BCUT2D eigenvalue weighted by molar-refractivity contribution is 5.68. The van der Waals surface area contributed by atoms with Crippen molar-refractivity contribution < 1.29 is 9.90 Å². The molecule has 1 atom stereocenters. The quantitative estimate of drug-likeness (QED) is 0.851. The van der Waals surface area contributed by atoms with Gasteiger partial charge in [-0.1, -0.05) is 13.0 Å². The van der Waals surface area contributed by atoms with E-state index in [-0.39, 0.29) is 12.3 Å². The first-order valence-electron chi connectivity index (χ1n) is 5.11. The van der Waals surface area contributed by atoms with Gasteiger partial charge in [0.15, 0.2) is 5.65 Å². The zero-order valence-corrected chi connectivity index (χ0v) is 9.21. The molecule has 2 aromatic heterocycles. The lowest BCUT2D eigenvalue weighted by Crippen LogP contribution is -2.04. The molecule has 84 valence electrons. The van der Waals surface area contributed by atoms with Gasteiger partial charge in [-0.2, -0.15) is 5.10 Å². The van der Waals surface area contributed by atoms with Crippen LogP contribution in [0.3, 0.4) is 0 Å². The second-order valence-electron chi connectivity index (χ2n) is 3.92. The Balaban J connectivity index is 2.34. The van der Waals surface area contributed by atoms with Crippen LogP contribution in [0.25, 0.3) is 5.65 Å². The van der Waals surface area contributed by atoms with E-state index in [4.69, 9.17) is 5.11 Å². The number of aryl methyl sites for hydroxylation is 1. The number of aromatic nitrogens is 3. The summed E-state index contributed by atoms with van der Waals surface area (Å²) in [5.74, 6) is -0.100. The van der Waals surface area contributed by atoms with E-state index in [0.717, 1.165) is 11.2 Å². The SMILES string of the molecule is Cc1nc2ccc(C(C)CC(=O)O)cn2n1. The highest BCUT2D eigenvalue weighted by Gasteiger charge is 2.11. The maximum absolute atomic E-state index is 10.6. The number of hydrogen-bond acceptors (Lipinski definition) is 3. The molecule has 0 amide bonds. The average molecular weight is 219 g/mol. The minimum atomic E-state index is -0.789. The van der Waals surface area contributed by atoms with Crippen molar-refractivity contribution in [1.29, 1.82) is 0 Å². The number of rotatable bonds is 3. The summed E-state index contributed by atoms with van der Waals surface area (Å²) < 4.78 is 1.68. The molecule has 0 aliphatic rings. The highest BCUT2D eigenvalue weighted by Crippen LogP contribution is 2.19. The van der Waals surface area contributed by atoms with Crippen molar-refractivity contribution in [3.05, 3.63) is 29.7 Å². The predicted octanol–water partition coefficient (Wildman–Crippen LogP) is 1.62. The van der Waals surface area contributed by atoms with Crippen molar-refractivity contribution in [3.63, 3.8) is 0 Å². The Hall–Kier alpha value is -1.91. The third-order valence-electron chi connectivity index (χ3n) is 2.51. The molecule has 5 heteroatoms. The maximum atomic E-state index is 10.6. The van der Waals surface area contributed by atoms with Crippen LogP contribution in [0, 0.1) is 6.92 Å². The van der Waals surface area contributed by atoms with E-state index in [0.29, 0.717) is 5.82 Å². The average Bonchev–Trinajstić information content (AvgIpc) is 2.55. The highest BCUT2D eigenvalue weighted by atomic mass is 16.4. The molecule has 0 aliphatic carbocycles. The van der Waals surface area contributed by atoms with Gasteiger partial charge in [0.1, 0.15) is 5.82 Å². The van der Waals surface area contributed by atoms with Gasteiger partial charge in [0.2, 0.25) is 0 Å². The number of aliphatic carboxylic acids is 1. The number of carbonyl (C=O) groups is 1. The molecule has 1 unspecified atom stereocenters. The third kappa shape index (κ3) is 2.03. The number of fused-ring (bicyclic) bond motifs is 1. The summed E-state index contributed by atoms with van der Waals surface area (Å²) in [7, 11) is 0. The molecule has 0 aromatic carbocycles. The van der Waals surface area contributed by atoms with Crippen LogP contribution < -0.4 is 0 Å². The Morgan fingerprint density at radius 3 is 3.00 bits per heavy atom. The maximum Gasteiger partial charge on any atom is 0.303 e. The van der Waals surface area contributed by atoms with E-state index in [1.54, 1.807) is 4.52 Å². The van der Waals surface area contributed by atoms with E-state index in [2.05, 4.69) is 10.1 Å². The molecule has 0 radical (unpaired) electrons. The minimum Gasteiger partial charge on any atom is -0.481 e. The molecule has 1 N–H and O–H groups in total. The normalized spacial score (nSPS) is 12.9. The number of pyridine rings is 1. The van der Waals surface area contributed by atoms with Crippen molar-refractivity contribution >= 4 is 11.6 Å². The lowest BCUT2D eigenvalue weighted by atomic mass is 10.00. The van der Waals surface area contributed by atoms with E-state index in [9.17, 15) is 4.79 Å². The number of hydrogen-bond donors (Lipinski definition) is 1. The van der Waals surface area contributed by atoms with Crippen LogP contribution >= 0.6 is 0 Å². The van der Waals surface area contributed by atoms with Gasteiger partial charge in [0, 0.05) is 6.20 Å². The molecule has 0 fully saturated rings. The number of carboxylic acid groups (broad SMARTS) is 1. The first kappa shape index (κ1) is 10.6. The molecule has 0 aliphatic heterocycles. The summed E-state index contributed by atoms with van der Waals surface area (Å²) in [5, 5.41) is 12.9. The smallest absolute Gasteiger partial charge is 0.303 e. The van der Waals surface area contributed by atoms with E-state index in [1.165, 1.54) is 0 Å². The topological polar surface area (TPSA) is 67.5 Å². The first-order valence-corrected chi connectivity index (χ1v) is 5.11. The summed E-state index contributed by atoms with van der Waals surface area (Å²) in [6.45, 7) is 3.71. The Morgan fingerprint density at radius 2 is 2.31 bits per heavy atom. The largest absolute Gasteiger partial charge is 0.481 e. The molecule has 2 rings (SSSR count). The third-order valence-corrected chi connectivity index (χ3v) is 2.51. The van der Waals surface area contributed by atoms with Crippen LogP contribution in [0.4, 0.5) is 0 Å². The summed E-state index contributed by atoms with van der Waals surface area (Å²) in [6.07, 6.45) is 1.96. The van der Waals surface area contributed by atoms with Gasteiger partial charge < -0.3 is 5.11 Å². The number of carboxylic acids is 1. The zero-order chi connectivity index (χ0) is 11.7. The first-order chi connectivity index (χ1) is 7.56. The monoisotopic (exact) mass is 219 g/mol. The van der Waals surface area contributed by atoms with Crippen molar-refractivity contribution in [2.75, 3.05) is 0 Å². The molecular weight excluding hydrogens is 206 g/mol. The van der Waals surface area contributed by atoms with Crippen LogP contribution in [-0.4, -0.2) is 25.7 Å². The van der Waals surface area contributed by atoms with Crippen LogP contribution in [0.2, 0.25) is 0 Å². The fraction of sp³-hybridized carbons (Fsp3) is 0.364. The summed E-state index contributed by atoms with van der Waals surface area (Å²) in [4.78, 5) is 14.8. The second kappa shape index (κ2) is 3.92. The molecule has 0 saturated heterocycles. The Labute approximate surface area is 92.7 Å². The van der Waals surface area contributed by atoms with Crippen LogP contribution in [0.15, 0.2) is 18.3 Å². The van der Waals surface area contributed by atoms with Gasteiger partial charge in [-0.25, -0.2) is 9.50 Å². The summed E-state index contributed by atoms with van der Waals surface area (Å²) in [6, 6.07) is 3.75. The standard InChI is InChI=1S/C11H13N3O2/c1-7(5-11(15)16)9-3-4-10-12-8(2)13-14(10)6-9/h3-4,6-7H,5H2,1-2H3,(H,15,16). The van der Waals surface area contributed by atoms with E-state index in [1.807, 2.05) is 32.2 Å². The summed E-state index contributed by atoms with van der Waals surface area (Å²) >= 11 is 0. The lowest BCUT2D eigenvalue weighted by Gasteiger charge is -2.08. The van der Waals surface area contributed by atoms with Crippen molar-refractivity contribution in [3.8, 4) is 0 Å². The molecule has 0 saturated carbocycles. The second-order valence-corrected chi connectivity index (χ2v) is 3.92. The predicted molar refractivity (Wildman–Crippen MR) is 58.4 cm³/mol. The van der Waals surface area contributed by atoms with Gasteiger partial charge in [-0.15, -0.1) is 0 Å². The fourth-order valence-corrected chi connectivity index (χ4v) is 1.68. The molecule has 5 nitrogen and oxygen atoms in total. The Bertz CT molecular complexity index is 533.